The van der Waals surface area contributed by atoms with Crippen molar-refractivity contribution >= 4 is 17.2 Å². The van der Waals surface area contributed by atoms with Crippen LogP contribution in [-0.4, -0.2) is 23.0 Å². The normalized spacial score (nSPS) is 19.0. The van der Waals surface area contributed by atoms with Crippen molar-refractivity contribution in [2.24, 2.45) is 0 Å². The van der Waals surface area contributed by atoms with Gasteiger partial charge in [-0.25, -0.2) is 0 Å². The fraction of sp³-hybridized carbons (Fsp3) is 0.889. The number of thiocarbonyl (C=S) groups is 1. The first-order valence-corrected chi connectivity index (χ1v) is 5.03. The van der Waals surface area contributed by atoms with Crippen LogP contribution in [0.5, 0.6) is 0 Å². The molecule has 0 aromatic carbocycles. The Morgan fingerprint density at radius 3 is 2.91 bits per heavy atom. The Morgan fingerprint density at radius 1 is 1.45 bits per heavy atom. The van der Waals surface area contributed by atoms with E-state index in [0.717, 1.165) is 6.42 Å². The Morgan fingerprint density at radius 2 is 2.27 bits per heavy atom. The third-order valence-electron chi connectivity index (χ3n) is 2.20. The highest BCUT2D eigenvalue weighted by molar-refractivity contribution is 7.80. The Kier molecular flexibility index (Phi) is 3.84. The molecule has 64 valence electrons. The summed E-state index contributed by atoms with van der Waals surface area (Å²) in [6.45, 7) is 4.63. The van der Waals surface area contributed by atoms with Gasteiger partial charge in [-0.1, -0.05) is 25.6 Å². The lowest BCUT2D eigenvalue weighted by Crippen LogP contribution is -2.34. The van der Waals surface area contributed by atoms with Crippen LogP contribution in [0, 0.1) is 0 Å². The average Bonchev–Trinajstić information content (AvgIpc) is 2.03. The van der Waals surface area contributed by atoms with Gasteiger partial charge in [0.1, 0.15) is 0 Å². The summed E-state index contributed by atoms with van der Waals surface area (Å²) in [5, 5.41) is 0. The lowest BCUT2D eigenvalue weighted by atomic mass is 10.1. The summed E-state index contributed by atoms with van der Waals surface area (Å²) in [4.78, 5) is 3.58. The lowest BCUT2D eigenvalue weighted by Gasteiger charge is -2.29. The van der Waals surface area contributed by atoms with Gasteiger partial charge in [0, 0.05) is 13.1 Å². The molecule has 1 aliphatic rings. The SMILES string of the molecule is CCCCN1CCCCC1=S. The minimum absolute atomic E-state index is 1.15. The number of unbranched alkanes of at least 4 members (excludes halogenated alkanes) is 1. The molecule has 0 unspecified atom stereocenters. The quantitative estimate of drug-likeness (QED) is 0.600. The maximum atomic E-state index is 5.27. The monoisotopic (exact) mass is 171 g/mol. The molecule has 0 atom stereocenters. The first-order valence-electron chi connectivity index (χ1n) is 4.62. The van der Waals surface area contributed by atoms with Crippen molar-refractivity contribution in [2.75, 3.05) is 13.1 Å². The largest absolute Gasteiger partial charge is 0.366 e. The third kappa shape index (κ3) is 2.78. The molecule has 0 N–H and O–H groups in total. The Labute approximate surface area is 74.8 Å². The topological polar surface area (TPSA) is 3.24 Å². The van der Waals surface area contributed by atoms with Crippen molar-refractivity contribution in [2.45, 2.75) is 39.0 Å². The van der Waals surface area contributed by atoms with Gasteiger partial charge in [0.05, 0.1) is 4.99 Å². The number of nitrogens with zero attached hydrogens (tertiary/aromatic N) is 1. The van der Waals surface area contributed by atoms with Crippen LogP contribution in [0.3, 0.4) is 0 Å². The van der Waals surface area contributed by atoms with Crippen LogP contribution in [0.4, 0.5) is 0 Å². The maximum Gasteiger partial charge on any atom is 0.0779 e. The van der Waals surface area contributed by atoms with E-state index in [1.807, 2.05) is 0 Å². The smallest absolute Gasteiger partial charge is 0.0779 e. The molecular formula is C9H17NS. The van der Waals surface area contributed by atoms with Gasteiger partial charge in [-0.05, 0) is 25.7 Å². The van der Waals surface area contributed by atoms with E-state index in [2.05, 4.69) is 11.8 Å². The Balaban J connectivity index is 2.24. The summed E-state index contributed by atoms with van der Waals surface area (Å²) < 4.78 is 0. The number of piperidine rings is 1. The van der Waals surface area contributed by atoms with Crippen molar-refractivity contribution in [3.05, 3.63) is 0 Å². The molecule has 1 aliphatic heterocycles. The zero-order valence-corrected chi connectivity index (χ0v) is 8.12. The van der Waals surface area contributed by atoms with Gasteiger partial charge in [-0.2, -0.15) is 0 Å². The molecule has 1 nitrogen and oxygen atoms in total. The van der Waals surface area contributed by atoms with Crippen LogP contribution < -0.4 is 0 Å². The van der Waals surface area contributed by atoms with Crippen LogP contribution >= 0.6 is 12.2 Å². The van der Waals surface area contributed by atoms with Gasteiger partial charge in [0.2, 0.25) is 0 Å². The van der Waals surface area contributed by atoms with Gasteiger partial charge < -0.3 is 4.90 Å². The molecule has 2 heteroatoms. The highest BCUT2D eigenvalue weighted by atomic mass is 32.1. The van der Waals surface area contributed by atoms with E-state index in [1.165, 1.54) is 43.8 Å². The molecule has 1 heterocycles. The molecule has 0 saturated carbocycles. The maximum absolute atomic E-state index is 5.27. The predicted octanol–water partition coefficient (Wildman–Crippen LogP) is 2.60. The van der Waals surface area contributed by atoms with E-state index in [4.69, 9.17) is 12.2 Å². The van der Waals surface area contributed by atoms with Crippen molar-refractivity contribution < 1.29 is 0 Å². The summed E-state index contributed by atoms with van der Waals surface area (Å²) in [7, 11) is 0. The van der Waals surface area contributed by atoms with E-state index < -0.39 is 0 Å². The van der Waals surface area contributed by atoms with E-state index in [9.17, 15) is 0 Å². The highest BCUT2D eigenvalue weighted by Crippen LogP contribution is 2.12. The second-order valence-electron chi connectivity index (χ2n) is 3.19. The molecule has 1 rings (SSSR count). The molecule has 0 aromatic heterocycles. The molecule has 11 heavy (non-hydrogen) atoms. The predicted molar refractivity (Wildman–Crippen MR) is 52.9 cm³/mol. The molecule has 0 bridgehead atoms. The van der Waals surface area contributed by atoms with Gasteiger partial charge in [-0.3, -0.25) is 0 Å². The fourth-order valence-electron chi connectivity index (χ4n) is 1.45. The lowest BCUT2D eigenvalue weighted by molar-refractivity contribution is 0.371. The second kappa shape index (κ2) is 4.70. The molecule has 1 saturated heterocycles. The number of hydrogen-bond acceptors (Lipinski definition) is 1. The van der Waals surface area contributed by atoms with E-state index in [0.29, 0.717) is 0 Å². The highest BCUT2D eigenvalue weighted by Gasteiger charge is 2.12. The molecule has 0 aromatic rings. The average molecular weight is 171 g/mol. The summed E-state index contributed by atoms with van der Waals surface area (Å²) >= 11 is 5.27. The number of rotatable bonds is 3. The summed E-state index contributed by atoms with van der Waals surface area (Å²) in [5.41, 5.74) is 0. The van der Waals surface area contributed by atoms with Crippen LogP contribution in [0.15, 0.2) is 0 Å². The van der Waals surface area contributed by atoms with Crippen molar-refractivity contribution in [1.82, 2.24) is 4.90 Å². The van der Waals surface area contributed by atoms with Gasteiger partial charge in [0.25, 0.3) is 0 Å². The minimum atomic E-state index is 1.15. The molecular weight excluding hydrogens is 154 g/mol. The number of hydrogen-bond donors (Lipinski definition) is 0. The van der Waals surface area contributed by atoms with Crippen molar-refractivity contribution in [1.29, 1.82) is 0 Å². The van der Waals surface area contributed by atoms with E-state index in [1.54, 1.807) is 0 Å². The summed E-state index contributed by atoms with van der Waals surface area (Å²) in [5.74, 6) is 0. The van der Waals surface area contributed by atoms with Gasteiger partial charge in [0.15, 0.2) is 0 Å². The van der Waals surface area contributed by atoms with Crippen LogP contribution in [0.25, 0.3) is 0 Å². The van der Waals surface area contributed by atoms with Crippen molar-refractivity contribution in [3.8, 4) is 0 Å². The first kappa shape index (κ1) is 8.98. The minimum Gasteiger partial charge on any atom is -0.366 e. The zero-order valence-electron chi connectivity index (χ0n) is 7.31. The van der Waals surface area contributed by atoms with Gasteiger partial charge >= 0.3 is 0 Å². The molecule has 0 radical (unpaired) electrons. The summed E-state index contributed by atoms with van der Waals surface area (Å²) in [6, 6.07) is 0. The van der Waals surface area contributed by atoms with Crippen LogP contribution in [-0.2, 0) is 0 Å². The first-order chi connectivity index (χ1) is 5.34. The Bertz CT molecular complexity index is 134. The van der Waals surface area contributed by atoms with Crippen LogP contribution in [0.2, 0.25) is 0 Å². The molecule has 1 fully saturated rings. The Hall–Kier alpha value is -0.110. The fourth-order valence-corrected chi connectivity index (χ4v) is 1.77. The number of likely N-dealkylation sites (tertiary alicyclic amines) is 1. The van der Waals surface area contributed by atoms with E-state index in [-0.39, 0.29) is 0 Å². The molecule has 0 amide bonds. The van der Waals surface area contributed by atoms with Crippen LogP contribution in [0.1, 0.15) is 39.0 Å². The summed E-state index contributed by atoms with van der Waals surface area (Å²) in [6.07, 6.45) is 6.36. The standard InChI is InChI=1S/C9H17NS/c1-2-3-7-10-8-5-4-6-9(10)11/h2-8H2,1H3. The van der Waals surface area contributed by atoms with Gasteiger partial charge in [-0.15, -0.1) is 0 Å². The molecule has 0 aliphatic carbocycles. The zero-order chi connectivity index (χ0) is 8.10. The third-order valence-corrected chi connectivity index (χ3v) is 2.67. The van der Waals surface area contributed by atoms with Crippen molar-refractivity contribution in [3.63, 3.8) is 0 Å². The van der Waals surface area contributed by atoms with E-state index >= 15 is 0 Å². The second-order valence-corrected chi connectivity index (χ2v) is 3.66. The molecule has 0 spiro atoms.